The van der Waals surface area contributed by atoms with E-state index >= 15 is 0 Å². The minimum Gasteiger partial charge on any atom is -0.344 e. The molecule has 0 unspecified atom stereocenters. The van der Waals surface area contributed by atoms with Gasteiger partial charge in [-0.3, -0.25) is 9.59 Å². The minimum atomic E-state index is -0.363. The van der Waals surface area contributed by atoms with E-state index in [1.165, 1.54) is 21.6 Å². The molecular formula is C10H13N3O2S. The van der Waals surface area contributed by atoms with Crippen molar-refractivity contribution in [3.8, 4) is 6.07 Å². The molecule has 1 aliphatic heterocycles. The van der Waals surface area contributed by atoms with E-state index in [2.05, 4.69) is 0 Å². The van der Waals surface area contributed by atoms with E-state index in [-0.39, 0.29) is 17.4 Å². The second kappa shape index (κ2) is 5.03. The summed E-state index contributed by atoms with van der Waals surface area (Å²) in [7, 11) is 3.16. The van der Waals surface area contributed by atoms with Crippen molar-refractivity contribution >= 4 is 23.6 Å². The lowest BCUT2D eigenvalue weighted by Crippen LogP contribution is -2.29. The smallest absolute Gasteiger partial charge is 0.266 e. The molecular weight excluding hydrogens is 226 g/mol. The number of amides is 2. The molecule has 2 amide bonds. The Labute approximate surface area is 98.7 Å². The van der Waals surface area contributed by atoms with Crippen molar-refractivity contribution in [3.63, 3.8) is 0 Å². The Morgan fingerprint density at radius 1 is 1.62 bits per heavy atom. The van der Waals surface area contributed by atoms with Crippen LogP contribution in [0.1, 0.15) is 6.92 Å². The monoisotopic (exact) mass is 239 g/mol. The maximum Gasteiger partial charge on any atom is 0.266 e. The SMILES string of the molecule is CCN1C(=O)CSC1=C(C#N)C(=O)N(C)C. The predicted octanol–water partition coefficient (Wildman–Crippen LogP) is 0.405. The highest BCUT2D eigenvalue weighted by Crippen LogP contribution is 2.31. The molecule has 0 N–H and O–H groups in total. The minimum absolute atomic E-state index is 0.0442. The number of rotatable bonds is 2. The lowest BCUT2D eigenvalue weighted by atomic mass is 10.2. The Kier molecular flexibility index (Phi) is 3.96. The summed E-state index contributed by atoms with van der Waals surface area (Å²) in [6, 6.07) is 1.88. The van der Waals surface area contributed by atoms with Crippen molar-refractivity contribution in [3.05, 3.63) is 10.6 Å². The lowest BCUT2D eigenvalue weighted by molar-refractivity contribution is -0.125. The van der Waals surface area contributed by atoms with Gasteiger partial charge in [0.05, 0.1) is 5.75 Å². The van der Waals surface area contributed by atoms with Gasteiger partial charge in [0, 0.05) is 20.6 Å². The molecule has 1 rings (SSSR count). The first-order valence-electron chi connectivity index (χ1n) is 4.82. The molecule has 0 atom stereocenters. The molecule has 16 heavy (non-hydrogen) atoms. The summed E-state index contributed by atoms with van der Waals surface area (Å²) in [4.78, 5) is 26.0. The van der Waals surface area contributed by atoms with Crippen LogP contribution >= 0.6 is 11.8 Å². The summed E-state index contributed by atoms with van der Waals surface area (Å²) in [6.07, 6.45) is 0. The Morgan fingerprint density at radius 3 is 2.69 bits per heavy atom. The Bertz CT molecular complexity index is 395. The van der Waals surface area contributed by atoms with Gasteiger partial charge in [0.1, 0.15) is 16.7 Å². The molecule has 1 aliphatic rings. The molecule has 0 saturated carbocycles. The average molecular weight is 239 g/mol. The van der Waals surface area contributed by atoms with E-state index in [9.17, 15) is 9.59 Å². The molecule has 86 valence electrons. The van der Waals surface area contributed by atoms with Crippen LogP contribution < -0.4 is 0 Å². The van der Waals surface area contributed by atoms with Gasteiger partial charge < -0.3 is 9.80 Å². The van der Waals surface area contributed by atoms with Crippen LogP contribution in [0.15, 0.2) is 10.6 Å². The number of nitriles is 1. The maximum absolute atomic E-state index is 11.7. The Hall–Kier alpha value is -1.48. The molecule has 0 radical (unpaired) electrons. The molecule has 5 nitrogen and oxygen atoms in total. The van der Waals surface area contributed by atoms with Gasteiger partial charge in [-0.05, 0) is 6.92 Å². The fourth-order valence-corrected chi connectivity index (χ4v) is 2.42. The number of nitrogens with zero attached hydrogens (tertiary/aromatic N) is 3. The molecule has 1 heterocycles. The quantitative estimate of drug-likeness (QED) is 0.517. The molecule has 1 fully saturated rings. The van der Waals surface area contributed by atoms with E-state index in [4.69, 9.17) is 5.26 Å². The molecule has 0 spiro atoms. The summed E-state index contributed by atoms with van der Waals surface area (Å²) < 4.78 is 0. The first kappa shape index (κ1) is 12.6. The topological polar surface area (TPSA) is 64.4 Å². The van der Waals surface area contributed by atoms with Crippen LogP contribution in [0, 0.1) is 11.3 Å². The van der Waals surface area contributed by atoms with Crippen LogP contribution in [0.4, 0.5) is 0 Å². The fourth-order valence-electron chi connectivity index (χ4n) is 1.34. The van der Waals surface area contributed by atoms with E-state index in [1.54, 1.807) is 14.1 Å². The normalized spacial score (nSPS) is 18.4. The molecule has 0 aromatic heterocycles. The number of carbonyl (C=O) groups excluding carboxylic acids is 2. The summed E-state index contributed by atoms with van der Waals surface area (Å²) in [5, 5.41) is 9.48. The van der Waals surface area contributed by atoms with Crippen LogP contribution in [0.5, 0.6) is 0 Å². The van der Waals surface area contributed by atoms with Gasteiger partial charge in [0.15, 0.2) is 0 Å². The van der Waals surface area contributed by atoms with Gasteiger partial charge in [-0.2, -0.15) is 5.26 Å². The molecule has 0 aliphatic carbocycles. The largest absolute Gasteiger partial charge is 0.344 e. The van der Waals surface area contributed by atoms with Crippen molar-refractivity contribution in [1.82, 2.24) is 9.80 Å². The van der Waals surface area contributed by atoms with E-state index in [0.717, 1.165) is 0 Å². The standard InChI is InChI=1S/C10H13N3O2S/c1-4-13-8(14)6-16-10(13)7(5-11)9(15)12(2)3/h4,6H2,1-3H3. The van der Waals surface area contributed by atoms with Crippen molar-refractivity contribution in [2.75, 3.05) is 26.4 Å². The predicted molar refractivity (Wildman–Crippen MR) is 61.2 cm³/mol. The van der Waals surface area contributed by atoms with Crippen LogP contribution in [0.3, 0.4) is 0 Å². The Morgan fingerprint density at radius 2 is 2.25 bits per heavy atom. The van der Waals surface area contributed by atoms with Crippen LogP contribution in [0.25, 0.3) is 0 Å². The third-order valence-corrected chi connectivity index (χ3v) is 3.23. The number of likely N-dealkylation sites (N-methyl/N-ethyl adjacent to an activating group) is 1. The second-order valence-electron chi connectivity index (χ2n) is 3.42. The van der Waals surface area contributed by atoms with Crippen molar-refractivity contribution in [2.24, 2.45) is 0 Å². The first-order valence-corrected chi connectivity index (χ1v) is 5.80. The highest BCUT2D eigenvalue weighted by Gasteiger charge is 2.31. The van der Waals surface area contributed by atoms with Crippen molar-refractivity contribution in [1.29, 1.82) is 5.26 Å². The Balaban J connectivity index is 3.15. The number of carbonyl (C=O) groups is 2. The molecule has 0 aromatic rings. The average Bonchev–Trinajstić information content (AvgIpc) is 2.60. The number of thioether (sulfide) groups is 1. The highest BCUT2D eigenvalue weighted by molar-refractivity contribution is 8.04. The van der Waals surface area contributed by atoms with Gasteiger partial charge in [-0.1, -0.05) is 11.8 Å². The van der Waals surface area contributed by atoms with Gasteiger partial charge >= 0.3 is 0 Å². The number of hydrogen-bond donors (Lipinski definition) is 0. The molecule has 1 saturated heterocycles. The van der Waals surface area contributed by atoms with Gasteiger partial charge in [-0.25, -0.2) is 0 Å². The van der Waals surface area contributed by atoms with E-state index in [0.29, 0.717) is 17.3 Å². The van der Waals surface area contributed by atoms with Gasteiger partial charge in [0.25, 0.3) is 5.91 Å². The van der Waals surface area contributed by atoms with Gasteiger partial charge in [-0.15, -0.1) is 0 Å². The summed E-state index contributed by atoms with van der Waals surface area (Å²) in [5.41, 5.74) is 0.0442. The fraction of sp³-hybridized carbons (Fsp3) is 0.500. The molecule has 0 bridgehead atoms. The lowest BCUT2D eigenvalue weighted by Gasteiger charge is -2.17. The van der Waals surface area contributed by atoms with Crippen LogP contribution in [-0.2, 0) is 9.59 Å². The van der Waals surface area contributed by atoms with Crippen molar-refractivity contribution in [2.45, 2.75) is 6.92 Å². The molecule has 6 heteroatoms. The van der Waals surface area contributed by atoms with E-state index in [1.807, 2.05) is 13.0 Å². The zero-order valence-electron chi connectivity index (χ0n) is 9.48. The zero-order chi connectivity index (χ0) is 12.3. The third-order valence-electron chi connectivity index (χ3n) is 2.14. The van der Waals surface area contributed by atoms with Crippen LogP contribution in [-0.4, -0.2) is 48.0 Å². The first-order chi connectivity index (χ1) is 7.52. The maximum atomic E-state index is 11.7. The molecule has 0 aromatic carbocycles. The summed E-state index contributed by atoms with van der Waals surface area (Å²) in [6.45, 7) is 2.30. The summed E-state index contributed by atoms with van der Waals surface area (Å²) >= 11 is 1.25. The zero-order valence-corrected chi connectivity index (χ0v) is 10.3. The van der Waals surface area contributed by atoms with E-state index < -0.39 is 0 Å². The van der Waals surface area contributed by atoms with Crippen LogP contribution in [0.2, 0.25) is 0 Å². The second-order valence-corrected chi connectivity index (χ2v) is 4.38. The highest BCUT2D eigenvalue weighted by atomic mass is 32.2. The number of hydrogen-bond acceptors (Lipinski definition) is 4. The third kappa shape index (κ3) is 2.19. The van der Waals surface area contributed by atoms with Gasteiger partial charge in [0.2, 0.25) is 5.91 Å². The summed E-state index contributed by atoms with van der Waals surface area (Å²) in [5.74, 6) is -0.116. The van der Waals surface area contributed by atoms with Crippen molar-refractivity contribution < 1.29 is 9.59 Å².